The largest absolute Gasteiger partial charge is 0.484 e. The third kappa shape index (κ3) is 3.15. The third-order valence-electron chi connectivity index (χ3n) is 2.23. The number of halogens is 2. The van der Waals surface area contributed by atoms with Gasteiger partial charge in [-0.2, -0.15) is 4.98 Å². The fourth-order valence-corrected chi connectivity index (χ4v) is 1.62. The Morgan fingerprint density at radius 1 is 1.33 bits per heavy atom. The molecule has 0 unspecified atom stereocenters. The fourth-order valence-electron chi connectivity index (χ4n) is 1.29. The maximum atomic E-state index is 5.97. The summed E-state index contributed by atoms with van der Waals surface area (Å²) in [6.07, 6.45) is 0. The van der Waals surface area contributed by atoms with E-state index in [0.717, 1.165) is 0 Å². The molecule has 0 atom stereocenters. The molecule has 1 aromatic carbocycles. The molecule has 96 valence electrons. The van der Waals surface area contributed by atoms with Crippen LogP contribution in [0.4, 0.5) is 0 Å². The summed E-state index contributed by atoms with van der Waals surface area (Å²) in [5.41, 5.74) is 0. The quantitative estimate of drug-likeness (QED) is 0.850. The van der Waals surface area contributed by atoms with Crippen molar-refractivity contribution in [3.63, 3.8) is 0 Å². The van der Waals surface area contributed by atoms with E-state index in [9.17, 15) is 0 Å². The van der Waals surface area contributed by atoms with Gasteiger partial charge in [0, 0.05) is 17.0 Å². The van der Waals surface area contributed by atoms with Crippen LogP contribution in [0.25, 0.3) is 0 Å². The monoisotopic (exact) mass is 286 g/mol. The summed E-state index contributed by atoms with van der Waals surface area (Å²) in [7, 11) is 0. The average molecular weight is 287 g/mol. The fraction of sp³-hybridized carbons (Fsp3) is 0.333. The van der Waals surface area contributed by atoms with Crippen molar-refractivity contribution in [2.24, 2.45) is 0 Å². The van der Waals surface area contributed by atoms with Gasteiger partial charge in [0.1, 0.15) is 5.75 Å². The highest BCUT2D eigenvalue weighted by Gasteiger charge is 2.11. The zero-order valence-electron chi connectivity index (χ0n) is 9.98. The highest BCUT2D eigenvalue weighted by atomic mass is 35.5. The van der Waals surface area contributed by atoms with Crippen LogP contribution < -0.4 is 4.74 Å². The van der Waals surface area contributed by atoms with Gasteiger partial charge in [0.25, 0.3) is 0 Å². The molecule has 0 bridgehead atoms. The number of hydrogen-bond acceptors (Lipinski definition) is 4. The second-order valence-electron chi connectivity index (χ2n) is 4.07. The average Bonchev–Trinajstić information content (AvgIpc) is 2.79. The molecule has 0 saturated carbocycles. The molecule has 18 heavy (non-hydrogen) atoms. The maximum Gasteiger partial charge on any atom is 0.229 e. The van der Waals surface area contributed by atoms with Gasteiger partial charge in [-0.3, -0.25) is 0 Å². The van der Waals surface area contributed by atoms with Crippen LogP contribution in [0, 0.1) is 0 Å². The summed E-state index contributed by atoms with van der Waals surface area (Å²) in [5, 5.41) is 4.87. The summed E-state index contributed by atoms with van der Waals surface area (Å²) >= 11 is 11.8. The summed E-state index contributed by atoms with van der Waals surface area (Å²) in [6.45, 7) is 4.15. The number of rotatable bonds is 4. The lowest BCUT2D eigenvalue weighted by Crippen LogP contribution is -1.98. The summed E-state index contributed by atoms with van der Waals surface area (Å²) < 4.78 is 10.6. The van der Waals surface area contributed by atoms with E-state index < -0.39 is 0 Å². The third-order valence-corrected chi connectivity index (χ3v) is 2.78. The smallest absolute Gasteiger partial charge is 0.229 e. The minimum absolute atomic E-state index is 0.191. The minimum Gasteiger partial charge on any atom is -0.484 e. The Labute approximate surface area is 115 Å². The Hall–Kier alpha value is -1.26. The molecule has 1 aromatic heterocycles. The highest BCUT2D eigenvalue weighted by Crippen LogP contribution is 2.28. The molecule has 0 aliphatic heterocycles. The van der Waals surface area contributed by atoms with E-state index in [4.69, 9.17) is 32.5 Å². The molecule has 0 spiro atoms. The van der Waals surface area contributed by atoms with Crippen molar-refractivity contribution >= 4 is 23.2 Å². The number of nitrogens with zero attached hydrogens (tertiary/aromatic N) is 2. The van der Waals surface area contributed by atoms with Crippen LogP contribution in [0.15, 0.2) is 22.7 Å². The minimum atomic E-state index is 0.191. The lowest BCUT2D eigenvalue weighted by atomic mass is 10.2. The van der Waals surface area contributed by atoms with Gasteiger partial charge < -0.3 is 9.26 Å². The Bertz CT molecular complexity index is 541. The molecular weight excluding hydrogens is 275 g/mol. The van der Waals surface area contributed by atoms with E-state index in [2.05, 4.69) is 10.1 Å². The SMILES string of the molecule is CC(C)c1nc(COc2cc(Cl)ccc2Cl)no1. The predicted molar refractivity (Wildman–Crippen MR) is 69.2 cm³/mol. The van der Waals surface area contributed by atoms with E-state index in [1.165, 1.54) is 0 Å². The topological polar surface area (TPSA) is 48.2 Å². The summed E-state index contributed by atoms with van der Waals surface area (Å²) in [6, 6.07) is 5.02. The summed E-state index contributed by atoms with van der Waals surface area (Å²) in [4.78, 5) is 4.20. The van der Waals surface area contributed by atoms with Gasteiger partial charge in [-0.1, -0.05) is 42.2 Å². The number of benzene rings is 1. The normalized spacial score (nSPS) is 10.9. The first-order valence-electron chi connectivity index (χ1n) is 5.46. The van der Waals surface area contributed by atoms with Crippen molar-refractivity contribution in [2.45, 2.75) is 26.4 Å². The Morgan fingerprint density at radius 2 is 2.11 bits per heavy atom. The molecule has 6 heteroatoms. The van der Waals surface area contributed by atoms with Gasteiger partial charge in [0.15, 0.2) is 6.61 Å². The number of aromatic nitrogens is 2. The van der Waals surface area contributed by atoms with Crippen LogP contribution in [0.3, 0.4) is 0 Å². The van der Waals surface area contributed by atoms with E-state index in [0.29, 0.717) is 27.5 Å². The number of ether oxygens (including phenoxy) is 1. The van der Waals surface area contributed by atoms with Crippen molar-refractivity contribution in [2.75, 3.05) is 0 Å². The lowest BCUT2D eigenvalue weighted by molar-refractivity contribution is 0.284. The van der Waals surface area contributed by atoms with E-state index in [-0.39, 0.29) is 12.5 Å². The maximum absolute atomic E-state index is 5.97. The molecule has 0 N–H and O–H groups in total. The summed E-state index contributed by atoms with van der Waals surface area (Å²) in [5.74, 6) is 1.77. The van der Waals surface area contributed by atoms with E-state index >= 15 is 0 Å². The molecule has 1 heterocycles. The molecule has 0 amide bonds. The lowest BCUT2D eigenvalue weighted by Gasteiger charge is -2.05. The van der Waals surface area contributed by atoms with Gasteiger partial charge in [0.05, 0.1) is 5.02 Å². The van der Waals surface area contributed by atoms with Crippen LogP contribution in [-0.4, -0.2) is 10.1 Å². The van der Waals surface area contributed by atoms with Gasteiger partial charge in [-0.15, -0.1) is 0 Å². The van der Waals surface area contributed by atoms with Crippen molar-refractivity contribution < 1.29 is 9.26 Å². The number of hydrogen-bond donors (Lipinski definition) is 0. The first-order chi connectivity index (χ1) is 8.56. The molecule has 0 fully saturated rings. The van der Waals surface area contributed by atoms with Crippen LogP contribution in [0.2, 0.25) is 10.0 Å². The molecule has 0 aliphatic carbocycles. The second-order valence-corrected chi connectivity index (χ2v) is 4.91. The van der Waals surface area contributed by atoms with Gasteiger partial charge >= 0.3 is 0 Å². The molecular formula is C12H12Cl2N2O2. The van der Waals surface area contributed by atoms with Gasteiger partial charge in [-0.25, -0.2) is 0 Å². The highest BCUT2D eigenvalue weighted by molar-refractivity contribution is 6.34. The molecule has 2 rings (SSSR count). The zero-order valence-corrected chi connectivity index (χ0v) is 11.5. The predicted octanol–water partition coefficient (Wildman–Crippen LogP) is 4.08. The Balaban J connectivity index is 2.04. The molecule has 4 nitrogen and oxygen atoms in total. The molecule has 0 radical (unpaired) electrons. The van der Waals surface area contributed by atoms with Crippen LogP contribution in [0.5, 0.6) is 5.75 Å². The zero-order chi connectivity index (χ0) is 13.1. The van der Waals surface area contributed by atoms with Crippen molar-refractivity contribution in [1.82, 2.24) is 10.1 Å². The van der Waals surface area contributed by atoms with Crippen LogP contribution >= 0.6 is 23.2 Å². The van der Waals surface area contributed by atoms with Crippen LogP contribution in [0.1, 0.15) is 31.5 Å². The van der Waals surface area contributed by atoms with Gasteiger partial charge in [0.2, 0.25) is 11.7 Å². The standard InChI is InChI=1S/C12H12Cl2N2O2/c1-7(2)12-15-11(16-18-12)6-17-10-5-8(13)3-4-9(10)14/h3-5,7H,6H2,1-2H3. The molecule has 0 saturated heterocycles. The van der Waals surface area contributed by atoms with E-state index in [1.54, 1.807) is 18.2 Å². The van der Waals surface area contributed by atoms with Gasteiger partial charge in [-0.05, 0) is 12.1 Å². The first-order valence-corrected chi connectivity index (χ1v) is 6.22. The molecule has 2 aromatic rings. The van der Waals surface area contributed by atoms with E-state index in [1.807, 2.05) is 13.8 Å². The second kappa shape index (κ2) is 5.59. The van der Waals surface area contributed by atoms with Crippen molar-refractivity contribution in [3.8, 4) is 5.75 Å². The Kier molecular flexibility index (Phi) is 4.09. The Morgan fingerprint density at radius 3 is 2.78 bits per heavy atom. The van der Waals surface area contributed by atoms with Crippen molar-refractivity contribution in [3.05, 3.63) is 40.0 Å². The molecule has 0 aliphatic rings. The van der Waals surface area contributed by atoms with Crippen molar-refractivity contribution in [1.29, 1.82) is 0 Å². The van der Waals surface area contributed by atoms with Crippen LogP contribution in [-0.2, 0) is 6.61 Å². The first kappa shape index (κ1) is 13.2.